The van der Waals surface area contributed by atoms with E-state index in [1.54, 1.807) is 29.2 Å². The number of hydrogen-bond acceptors (Lipinski definition) is 9. The zero-order valence-electron chi connectivity index (χ0n) is 26.5. The van der Waals surface area contributed by atoms with Crippen LogP contribution in [0.25, 0.3) is 0 Å². The molecule has 3 fully saturated rings. The summed E-state index contributed by atoms with van der Waals surface area (Å²) in [6.45, 7) is 3.08. The van der Waals surface area contributed by atoms with Gasteiger partial charge in [0.05, 0.1) is 20.8 Å². The molecule has 48 heavy (non-hydrogen) atoms. The molecular weight excluding hydrogens is 677 g/mol. The van der Waals surface area contributed by atoms with Crippen LogP contribution in [-0.2, 0) is 22.4 Å². The van der Waals surface area contributed by atoms with Crippen LogP contribution >= 0.6 is 34.5 Å². The first-order chi connectivity index (χ1) is 23.2. The Balaban J connectivity index is 1.22. The molecule has 4 aromatic rings. The van der Waals surface area contributed by atoms with Gasteiger partial charge in [-0.25, -0.2) is 9.59 Å². The molecule has 5 heterocycles. The number of carbonyl (C=O) groups is 2. The monoisotopic (exact) mass is 712 g/mol. The highest BCUT2D eigenvalue weighted by Gasteiger charge is 2.37. The lowest BCUT2D eigenvalue weighted by Gasteiger charge is -2.44. The van der Waals surface area contributed by atoms with Gasteiger partial charge in [0.2, 0.25) is 12.4 Å². The number of amides is 1. The Morgan fingerprint density at radius 1 is 1.00 bits per heavy atom. The van der Waals surface area contributed by atoms with Crippen LogP contribution in [0.3, 0.4) is 0 Å². The van der Waals surface area contributed by atoms with Crippen molar-refractivity contribution in [1.29, 1.82) is 0 Å². The molecule has 0 aliphatic carbocycles. The number of pyridine rings is 1. The highest BCUT2D eigenvalue weighted by molar-refractivity contribution is 7.14. The minimum atomic E-state index is -0.829. The normalized spacial score (nSPS) is 19.0. The van der Waals surface area contributed by atoms with Crippen molar-refractivity contribution in [2.24, 2.45) is 5.92 Å². The number of thiophene rings is 1. The van der Waals surface area contributed by atoms with Crippen LogP contribution < -0.4 is 19.1 Å². The van der Waals surface area contributed by atoms with Crippen LogP contribution in [0.15, 0.2) is 73.1 Å². The molecule has 0 spiro atoms. The van der Waals surface area contributed by atoms with Crippen molar-refractivity contribution in [2.45, 2.75) is 38.0 Å². The fourth-order valence-corrected chi connectivity index (χ4v) is 7.71. The maximum absolute atomic E-state index is 13.7. The van der Waals surface area contributed by atoms with Gasteiger partial charge in [0.25, 0.3) is 0 Å². The van der Waals surface area contributed by atoms with E-state index in [4.69, 9.17) is 42.1 Å². The van der Waals surface area contributed by atoms with Gasteiger partial charge in [-0.05, 0) is 73.8 Å². The molecule has 252 valence electrons. The van der Waals surface area contributed by atoms with Crippen molar-refractivity contribution in [3.63, 3.8) is 0 Å². The van der Waals surface area contributed by atoms with Gasteiger partial charge < -0.3 is 18.9 Å². The number of halogens is 2. The summed E-state index contributed by atoms with van der Waals surface area (Å²) in [6.07, 6.45) is 3.43. The molecule has 7 rings (SSSR count). The van der Waals surface area contributed by atoms with Gasteiger partial charge >= 0.3 is 12.1 Å². The van der Waals surface area contributed by atoms with Crippen molar-refractivity contribution < 1.29 is 38.5 Å². The second-order valence-electron chi connectivity index (χ2n) is 11.8. The number of fused-ring (bicyclic) bond motifs is 3. The molecule has 1 amide bonds. The first-order valence-electron chi connectivity index (χ1n) is 15.6. The highest BCUT2D eigenvalue weighted by atomic mass is 35.5. The molecule has 3 saturated heterocycles. The van der Waals surface area contributed by atoms with Crippen molar-refractivity contribution in [3.05, 3.63) is 104 Å². The van der Waals surface area contributed by atoms with Crippen LogP contribution in [0.1, 0.15) is 44.6 Å². The molecule has 3 aliphatic heterocycles. The van der Waals surface area contributed by atoms with Crippen molar-refractivity contribution in [2.75, 3.05) is 38.8 Å². The van der Waals surface area contributed by atoms with Crippen molar-refractivity contribution >= 4 is 52.3 Å². The largest absolute Gasteiger partial charge is 0.493 e. The maximum atomic E-state index is 13.7. The number of nitrogens with zero attached hydrogens (tertiary/aromatic N) is 3. The molecule has 2 atom stereocenters. The molecule has 10 nitrogen and oxygen atoms in total. The van der Waals surface area contributed by atoms with Crippen LogP contribution in [0, 0.1) is 5.92 Å². The third kappa shape index (κ3) is 7.65. The summed E-state index contributed by atoms with van der Waals surface area (Å²) in [4.78, 5) is 32.4. The van der Waals surface area contributed by atoms with Gasteiger partial charge in [0.1, 0.15) is 27.1 Å². The van der Waals surface area contributed by atoms with E-state index in [9.17, 15) is 14.8 Å². The SMILES string of the molecule is COc1ccc([C@H](Cc2c(Cl)c[n+](O)cc2Cl)OC(=O)c2ccc(CN(C(=O)O[C@H]3CN4CCC3CC4)c3ccccc3)s2)cc1OC. The zero-order valence-corrected chi connectivity index (χ0v) is 28.8. The van der Waals surface area contributed by atoms with E-state index in [1.807, 2.05) is 36.4 Å². The van der Waals surface area contributed by atoms with E-state index in [1.165, 1.54) is 38.0 Å². The molecule has 1 N–H and O–H groups in total. The molecule has 0 radical (unpaired) electrons. The van der Waals surface area contributed by atoms with Crippen LogP contribution in [-0.4, -0.2) is 62.1 Å². The smallest absolute Gasteiger partial charge is 0.414 e. The maximum Gasteiger partial charge on any atom is 0.414 e. The fourth-order valence-electron chi connectivity index (χ4n) is 6.22. The molecule has 3 aliphatic rings. The summed E-state index contributed by atoms with van der Waals surface area (Å²) in [7, 11) is 3.06. The summed E-state index contributed by atoms with van der Waals surface area (Å²) in [5.41, 5.74) is 1.81. The number of anilines is 1. The van der Waals surface area contributed by atoms with E-state index < -0.39 is 18.2 Å². The number of carbonyl (C=O) groups excluding carboxylic acids is 2. The second kappa shape index (κ2) is 15.0. The van der Waals surface area contributed by atoms with E-state index in [0.717, 1.165) is 42.1 Å². The number of piperidine rings is 3. The van der Waals surface area contributed by atoms with Gasteiger partial charge in [0.15, 0.2) is 11.5 Å². The summed E-state index contributed by atoms with van der Waals surface area (Å²) in [6, 6.07) is 18.1. The second-order valence-corrected chi connectivity index (χ2v) is 13.8. The van der Waals surface area contributed by atoms with Crippen molar-refractivity contribution in [3.8, 4) is 11.5 Å². The van der Waals surface area contributed by atoms with Crippen LogP contribution in [0.4, 0.5) is 10.5 Å². The van der Waals surface area contributed by atoms with Gasteiger partial charge in [-0.1, -0.05) is 47.5 Å². The first-order valence-corrected chi connectivity index (χ1v) is 17.1. The average Bonchev–Trinajstić information content (AvgIpc) is 3.57. The number of hydrogen-bond donors (Lipinski definition) is 1. The van der Waals surface area contributed by atoms with Gasteiger partial charge in [0, 0.05) is 33.8 Å². The Morgan fingerprint density at radius 2 is 1.71 bits per heavy atom. The number of benzene rings is 2. The first kappa shape index (κ1) is 33.9. The zero-order chi connectivity index (χ0) is 33.8. The molecule has 0 unspecified atom stereocenters. The van der Waals surface area contributed by atoms with E-state index >= 15 is 0 Å². The number of methoxy groups -OCH3 is 2. The number of esters is 1. The quantitative estimate of drug-likeness (QED) is 0.101. The fraction of sp³-hybridized carbons (Fsp3) is 0.343. The number of aromatic nitrogens is 1. The standard InChI is InChI=1S/C35H36Cl2N3O7S/c1-44-29-10-8-23(16-31(29)45-2)30(17-26-27(36)19-39(43)20-28(26)37)46-34(41)33-11-9-25(48-33)18-40(24-6-4-3-5-7-24)35(42)47-32-21-38-14-12-22(32)13-15-38/h3-11,16,19-20,22,30,32,43H,12-15,17-18,21H2,1-2H3/q+1/t30-,32-/m0/s1. The van der Waals surface area contributed by atoms with E-state index in [0.29, 0.717) is 39.1 Å². The Morgan fingerprint density at radius 3 is 2.35 bits per heavy atom. The average molecular weight is 714 g/mol. The number of rotatable bonds is 11. The topological polar surface area (TPSA) is 102 Å². The van der Waals surface area contributed by atoms with Gasteiger partial charge in [-0.2, -0.15) is 0 Å². The summed E-state index contributed by atoms with van der Waals surface area (Å²) in [5, 5.41) is 10.3. The van der Waals surface area contributed by atoms with Crippen LogP contribution in [0.2, 0.25) is 10.0 Å². The molecular formula is C35H36Cl2N3O7S+. The summed E-state index contributed by atoms with van der Waals surface area (Å²) >= 11 is 14.1. The predicted octanol–water partition coefficient (Wildman–Crippen LogP) is 6.98. The minimum Gasteiger partial charge on any atom is -0.493 e. The molecule has 2 bridgehead atoms. The van der Waals surface area contributed by atoms with Gasteiger partial charge in [-0.15, -0.1) is 11.3 Å². The van der Waals surface area contributed by atoms with E-state index in [2.05, 4.69) is 4.90 Å². The lowest BCUT2D eigenvalue weighted by Crippen LogP contribution is -2.53. The van der Waals surface area contributed by atoms with Crippen LogP contribution in [0.5, 0.6) is 11.5 Å². The molecule has 2 aromatic carbocycles. The predicted molar refractivity (Wildman–Crippen MR) is 182 cm³/mol. The lowest BCUT2D eigenvalue weighted by atomic mass is 9.86. The Bertz CT molecular complexity index is 1740. The van der Waals surface area contributed by atoms with Crippen molar-refractivity contribution in [1.82, 2.24) is 4.90 Å². The molecule has 13 heteroatoms. The third-order valence-electron chi connectivity index (χ3n) is 8.80. The Labute approximate surface area is 292 Å². The Kier molecular flexibility index (Phi) is 10.6. The lowest BCUT2D eigenvalue weighted by molar-refractivity contribution is -0.904. The summed E-state index contributed by atoms with van der Waals surface area (Å²) < 4.78 is 23.8. The molecule has 0 saturated carbocycles. The third-order valence-corrected chi connectivity index (χ3v) is 10.5. The minimum absolute atomic E-state index is 0.116. The number of ether oxygens (including phenoxy) is 4. The molecule has 2 aromatic heterocycles. The number of para-hydroxylation sites is 1. The Hall–Kier alpha value is -4.03. The summed E-state index contributed by atoms with van der Waals surface area (Å²) in [5.74, 6) is 0.788. The van der Waals surface area contributed by atoms with Gasteiger partial charge in [-0.3, -0.25) is 15.0 Å². The van der Waals surface area contributed by atoms with E-state index in [-0.39, 0.29) is 29.1 Å². The highest BCUT2D eigenvalue weighted by Crippen LogP contribution is 2.36.